The van der Waals surface area contributed by atoms with E-state index in [-0.39, 0.29) is 17.6 Å². The molecule has 0 spiro atoms. The number of anilines is 1. The zero-order chi connectivity index (χ0) is 13.8. The fraction of sp³-hybridized carbons (Fsp3) is 0.200. The lowest BCUT2D eigenvalue weighted by Gasteiger charge is -2.16. The number of aryl methyl sites for hydroxylation is 1. The van der Waals surface area contributed by atoms with E-state index in [0.29, 0.717) is 5.69 Å². The van der Waals surface area contributed by atoms with Gasteiger partial charge in [0.1, 0.15) is 0 Å². The number of hydrogen-bond acceptors (Lipinski definition) is 3. The van der Waals surface area contributed by atoms with Crippen molar-refractivity contribution in [3.05, 3.63) is 59.4 Å². The highest BCUT2D eigenvalue weighted by atomic mass is 16.1. The third-order valence-electron chi connectivity index (χ3n) is 3.06. The van der Waals surface area contributed by atoms with Crippen molar-refractivity contribution in [3.8, 4) is 0 Å². The van der Waals surface area contributed by atoms with Crippen molar-refractivity contribution in [1.82, 2.24) is 10.3 Å². The van der Waals surface area contributed by atoms with Crippen LogP contribution in [0.25, 0.3) is 0 Å². The summed E-state index contributed by atoms with van der Waals surface area (Å²) in [6.45, 7) is 3.96. The van der Waals surface area contributed by atoms with Gasteiger partial charge in [-0.2, -0.15) is 0 Å². The third kappa shape index (κ3) is 2.91. The Morgan fingerprint density at radius 1 is 1.26 bits per heavy atom. The largest absolute Gasteiger partial charge is 0.397 e. The molecule has 1 aromatic heterocycles. The van der Waals surface area contributed by atoms with Crippen molar-refractivity contribution in [2.24, 2.45) is 0 Å². The second-order valence-corrected chi connectivity index (χ2v) is 4.49. The van der Waals surface area contributed by atoms with E-state index in [4.69, 9.17) is 5.73 Å². The van der Waals surface area contributed by atoms with Gasteiger partial charge in [-0.15, -0.1) is 0 Å². The van der Waals surface area contributed by atoms with E-state index < -0.39 is 0 Å². The quantitative estimate of drug-likeness (QED) is 0.885. The van der Waals surface area contributed by atoms with E-state index in [0.717, 1.165) is 11.1 Å². The number of amides is 1. The summed E-state index contributed by atoms with van der Waals surface area (Å²) >= 11 is 0. The number of benzene rings is 1. The summed E-state index contributed by atoms with van der Waals surface area (Å²) in [5, 5.41) is 2.91. The van der Waals surface area contributed by atoms with Crippen LogP contribution in [0.2, 0.25) is 0 Å². The van der Waals surface area contributed by atoms with Crippen LogP contribution < -0.4 is 11.1 Å². The van der Waals surface area contributed by atoms with Crippen molar-refractivity contribution >= 4 is 11.6 Å². The average molecular weight is 255 g/mol. The zero-order valence-corrected chi connectivity index (χ0v) is 11.1. The Labute approximate surface area is 112 Å². The fourth-order valence-electron chi connectivity index (χ4n) is 2.02. The van der Waals surface area contributed by atoms with Gasteiger partial charge in [-0.3, -0.25) is 4.79 Å². The van der Waals surface area contributed by atoms with E-state index in [1.807, 2.05) is 38.1 Å². The second kappa shape index (κ2) is 5.52. The van der Waals surface area contributed by atoms with Crippen LogP contribution in [0.15, 0.2) is 42.6 Å². The summed E-state index contributed by atoms with van der Waals surface area (Å²) in [7, 11) is 0. The minimum absolute atomic E-state index is 0.0879. The summed E-state index contributed by atoms with van der Waals surface area (Å²) in [4.78, 5) is 16.1. The maximum atomic E-state index is 12.1. The molecule has 19 heavy (non-hydrogen) atoms. The Bertz CT molecular complexity index is 595. The van der Waals surface area contributed by atoms with E-state index >= 15 is 0 Å². The summed E-state index contributed by atoms with van der Waals surface area (Å²) in [6.07, 6.45) is 1.56. The molecule has 2 rings (SSSR count). The molecule has 98 valence electrons. The molecule has 3 N–H and O–H groups in total. The minimum Gasteiger partial charge on any atom is -0.397 e. The summed E-state index contributed by atoms with van der Waals surface area (Å²) in [5.41, 5.74) is 8.63. The van der Waals surface area contributed by atoms with Crippen LogP contribution in [0, 0.1) is 6.92 Å². The first kappa shape index (κ1) is 13.1. The Kier molecular flexibility index (Phi) is 3.80. The van der Waals surface area contributed by atoms with Crippen LogP contribution in [0.3, 0.4) is 0 Å². The normalized spacial score (nSPS) is 11.9. The lowest BCUT2D eigenvalue weighted by Crippen LogP contribution is -2.28. The average Bonchev–Trinajstić information content (AvgIpc) is 2.39. The number of rotatable bonds is 3. The Hall–Kier alpha value is -2.36. The van der Waals surface area contributed by atoms with Crippen LogP contribution >= 0.6 is 0 Å². The summed E-state index contributed by atoms with van der Waals surface area (Å²) in [6, 6.07) is 11.2. The number of aromatic nitrogens is 1. The molecule has 0 bridgehead atoms. The van der Waals surface area contributed by atoms with Crippen LogP contribution in [0.5, 0.6) is 0 Å². The number of nitrogen functional groups attached to an aromatic ring is 1. The van der Waals surface area contributed by atoms with Gasteiger partial charge >= 0.3 is 0 Å². The van der Waals surface area contributed by atoms with E-state index in [1.54, 1.807) is 18.3 Å². The van der Waals surface area contributed by atoms with Gasteiger partial charge in [0.2, 0.25) is 0 Å². The second-order valence-electron chi connectivity index (χ2n) is 4.49. The number of nitrogens with one attached hydrogen (secondary N) is 1. The van der Waals surface area contributed by atoms with Crippen LogP contribution in [0.1, 0.15) is 34.6 Å². The number of nitrogens with two attached hydrogens (primary N) is 1. The summed E-state index contributed by atoms with van der Waals surface area (Å²) in [5.74, 6) is -0.256. The standard InChI is InChI=1S/C15H17N3O/c1-10-6-3-4-7-12(10)11(2)18-15(19)14-13(16)8-5-9-17-14/h3-9,11H,16H2,1-2H3,(H,18,19)/t11-/m0/s1. The van der Waals surface area contributed by atoms with Crippen LogP contribution in [-0.4, -0.2) is 10.9 Å². The molecular weight excluding hydrogens is 238 g/mol. The number of carbonyl (C=O) groups is 1. The highest BCUT2D eigenvalue weighted by Crippen LogP contribution is 2.17. The lowest BCUT2D eigenvalue weighted by molar-refractivity contribution is 0.0936. The highest BCUT2D eigenvalue weighted by Gasteiger charge is 2.15. The van der Waals surface area contributed by atoms with Gasteiger partial charge in [-0.05, 0) is 37.1 Å². The molecule has 0 aliphatic carbocycles. The first-order chi connectivity index (χ1) is 9.09. The van der Waals surface area contributed by atoms with Crippen molar-refractivity contribution in [3.63, 3.8) is 0 Å². The first-order valence-electron chi connectivity index (χ1n) is 6.16. The monoisotopic (exact) mass is 255 g/mol. The molecule has 2 aromatic rings. The summed E-state index contributed by atoms with van der Waals surface area (Å²) < 4.78 is 0. The molecule has 0 fully saturated rings. The molecular formula is C15H17N3O. The molecule has 0 aliphatic heterocycles. The van der Waals surface area contributed by atoms with Gasteiger partial charge in [-0.25, -0.2) is 4.98 Å². The predicted molar refractivity (Wildman–Crippen MR) is 75.7 cm³/mol. The van der Waals surface area contributed by atoms with E-state index in [9.17, 15) is 4.79 Å². The van der Waals surface area contributed by atoms with Gasteiger partial charge in [0, 0.05) is 6.20 Å². The van der Waals surface area contributed by atoms with Crippen molar-refractivity contribution in [1.29, 1.82) is 0 Å². The van der Waals surface area contributed by atoms with Crippen LogP contribution in [-0.2, 0) is 0 Å². The SMILES string of the molecule is Cc1ccccc1[C@H](C)NC(=O)c1ncccc1N. The molecule has 0 unspecified atom stereocenters. The maximum absolute atomic E-state index is 12.1. The molecule has 1 atom stereocenters. The third-order valence-corrected chi connectivity index (χ3v) is 3.06. The minimum atomic E-state index is -0.256. The van der Waals surface area contributed by atoms with Gasteiger partial charge in [0.05, 0.1) is 11.7 Å². The molecule has 0 aliphatic rings. The first-order valence-corrected chi connectivity index (χ1v) is 6.16. The Balaban J connectivity index is 2.16. The van der Waals surface area contributed by atoms with Crippen LogP contribution in [0.4, 0.5) is 5.69 Å². The Morgan fingerprint density at radius 3 is 2.68 bits per heavy atom. The number of nitrogens with zero attached hydrogens (tertiary/aromatic N) is 1. The highest BCUT2D eigenvalue weighted by molar-refractivity contribution is 5.97. The molecule has 1 amide bonds. The topological polar surface area (TPSA) is 68.0 Å². The lowest BCUT2D eigenvalue weighted by atomic mass is 10.0. The smallest absolute Gasteiger partial charge is 0.272 e. The van der Waals surface area contributed by atoms with Gasteiger partial charge in [0.25, 0.3) is 5.91 Å². The van der Waals surface area contributed by atoms with Crippen molar-refractivity contribution in [2.75, 3.05) is 5.73 Å². The zero-order valence-electron chi connectivity index (χ0n) is 11.1. The molecule has 1 heterocycles. The molecule has 4 heteroatoms. The Morgan fingerprint density at radius 2 is 2.00 bits per heavy atom. The van der Waals surface area contributed by atoms with Gasteiger partial charge in [-0.1, -0.05) is 24.3 Å². The molecule has 4 nitrogen and oxygen atoms in total. The number of hydrogen-bond donors (Lipinski definition) is 2. The fourth-order valence-corrected chi connectivity index (χ4v) is 2.02. The molecule has 1 aromatic carbocycles. The predicted octanol–water partition coefficient (Wildman–Crippen LogP) is 2.46. The van der Waals surface area contributed by atoms with Gasteiger partial charge < -0.3 is 11.1 Å². The molecule has 0 radical (unpaired) electrons. The van der Waals surface area contributed by atoms with E-state index in [1.165, 1.54) is 0 Å². The molecule has 0 saturated carbocycles. The van der Waals surface area contributed by atoms with E-state index in [2.05, 4.69) is 10.3 Å². The van der Waals surface area contributed by atoms with Gasteiger partial charge in [0.15, 0.2) is 5.69 Å². The molecule has 0 saturated heterocycles. The van der Waals surface area contributed by atoms with Crippen molar-refractivity contribution in [2.45, 2.75) is 19.9 Å². The number of carbonyl (C=O) groups excluding carboxylic acids is 1. The number of pyridine rings is 1. The maximum Gasteiger partial charge on any atom is 0.272 e. The van der Waals surface area contributed by atoms with Crippen molar-refractivity contribution < 1.29 is 4.79 Å².